The Bertz CT molecular complexity index is 1330. The number of morpholine rings is 1. The molecule has 1 aliphatic heterocycles. The molecule has 0 N–H and O–H groups in total. The van der Waals surface area contributed by atoms with Crippen molar-refractivity contribution in [1.29, 1.82) is 0 Å². The summed E-state index contributed by atoms with van der Waals surface area (Å²) >= 11 is 0. The van der Waals surface area contributed by atoms with Crippen LogP contribution in [0.2, 0.25) is 0 Å². The molecule has 2 heterocycles. The van der Waals surface area contributed by atoms with Gasteiger partial charge in [-0.1, -0.05) is 17.7 Å². The Hall–Kier alpha value is -2.75. The molecule has 4 rings (SSSR count). The van der Waals surface area contributed by atoms with Gasteiger partial charge in [0.25, 0.3) is 0 Å². The van der Waals surface area contributed by atoms with Gasteiger partial charge in [-0.15, -0.1) is 0 Å². The summed E-state index contributed by atoms with van der Waals surface area (Å²) in [4.78, 5) is 20.0. The third kappa shape index (κ3) is 5.12. The fourth-order valence-electron chi connectivity index (χ4n) is 4.74. The van der Waals surface area contributed by atoms with Crippen molar-refractivity contribution in [2.45, 2.75) is 52.0 Å². The lowest BCUT2D eigenvalue weighted by atomic mass is 10.1. The Labute approximate surface area is 207 Å². The Morgan fingerprint density at radius 2 is 1.83 bits per heavy atom. The molecule has 2 aromatic carbocycles. The van der Waals surface area contributed by atoms with Crippen LogP contribution in [0.25, 0.3) is 11.0 Å². The van der Waals surface area contributed by atoms with E-state index in [0.29, 0.717) is 57.8 Å². The molecule has 8 nitrogen and oxygen atoms in total. The lowest BCUT2D eigenvalue weighted by Crippen LogP contribution is -2.40. The van der Waals surface area contributed by atoms with E-state index in [1.807, 2.05) is 50.8 Å². The number of aromatic nitrogens is 2. The number of hydrogen-bond donors (Lipinski definition) is 0. The molecule has 0 saturated carbocycles. The third-order valence-electron chi connectivity index (χ3n) is 6.55. The van der Waals surface area contributed by atoms with E-state index in [1.165, 1.54) is 9.87 Å². The van der Waals surface area contributed by atoms with Gasteiger partial charge in [0.2, 0.25) is 15.9 Å². The van der Waals surface area contributed by atoms with Crippen LogP contribution in [0.1, 0.15) is 37.2 Å². The van der Waals surface area contributed by atoms with Crippen LogP contribution in [-0.2, 0) is 32.5 Å². The lowest BCUT2D eigenvalue weighted by molar-refractivity contribution is -0.118. The number of nitrogens with zero attached hydrogens (tertiary/aromatic N) is 4. The van der Waals surface area contributed by atoms with Crippen LogP contribution >= 0.6 is 0 Å². The minimum atomic E-state index is -3.60. The van der Waals surface area contributed by atoms with E-state index in [4.69, 9.17) is 9.72 Å². The number of carbonyl (C=O) groups excluding carboxylic acids is 1. The van der Waals surface area contributed by atoms with E-state index < -0.39 is 10.0 Å². The van der Waals surface area contributed by atoms with Gasteiger partial charge < -0.3 is 14.2 Å². The maximum atomic E-state index is 13.2. The van der Waals surface area contributed by atoms with E-state index in [-0.39, 0.29) is 10.8 Å². The normalized spacial score (nSPS) is 15.0. The number of rotatable bonds is 8. The van der Waals surface area contributed by atoms with Crippen molar-refractivity contribution in [3.05, 3.63) is 53.3 Å². The molecular weight excluding hydrogens is 464 g/mol. The second-order valence-corrected chi connectivity index (χ2v) is 10.8. The highest BCUT2D eigenvalue weighted by atomic mass is 32.2. The second-order valence-electron chi connectivity index (χ2n) is 8.87. The van der Waals surface area contributed by atoms with E-state index >= 15 is 0 Å². The van der Waals surface area contributed by atoms with E-state index in [9.17, 15) is 13.2 Å². The number of sulfonamides is 1. The van der Waals surface area contributed by atoms with Gasteiger partial charge in [-0.05, 0) is 57.5 Å². The number of fused-ring (bicyclic) bond motifs is 1. The smallest absolute Gasteiger partial charge is 0.243 e. The summed E-state index contributed by atoms with van der Waals surface area (Å²) in [7, 11) is -3.60. The van der Waals surface area contributed by atoms with Crippen molar-refractivity contribution in [3.63, 3.8) is 0 Å². The van der Waals surface area contributed by atoms with Crippen LogP contribution < -0.4 is 4.90 Å². The zero-order valence-electron chi connectivity index (χ0n) is 21.0. The molecule has 9 heteroatoms. The topological polar surface area (TPSA) is 84.7 Å². The zero-order valence-corrected chi connectivity index (χ0v) is 21.8. The highest BCUT2D eigenvalue weighted by molar-refractivity contribution is 7.89. The Balaban J connectivity index is 1.56. The first-order chi connectivity index (χ1) is 16.8. The number of amides is 1. The summed E-state index contributed by atoms with van der Waals surface area (Å²) in [6, 6.07) is 11.2. The molecule has 1 amide bonds. The van der Waals surface area contributed by atoms with Crippen molar-refractivity contribution < 1.29 is 17.9 Å². The van der Waals surface area contributed by atoms with Gasteiger partial charge in [-0.25, -0.2) is 13.4 Å². The summed E-state index contributed by atoms with van der Waals surface area (Å²) in [5, 5.41) is 0. The molecule has 1 fully saturated rings. The molecule has 0 spiro atoms. The molecule has 1 saturated heterocycles. The predicted molar refractivity (Wildman–Crippen MR) is 137 cm³/mol. The maximum Gasteiger partial charge on any atom is 0.243 e. The molecule has 1 aliphatic rings. The summed E-state index contributed by atoms with van der Waals surface area (Å²) < 4.78 is 35.0. The molecular formula is C26H34N4O4S. The molecule has 0 unspecified atom stereocenters. The lowest BCUT2D eigenvalue weighted by Gasteiger charge is -2.26. The standard InChI is InChI=1S/C26H34N4O4S/c1-5-29-24-10-8-21(35(32,33)28-13-15-34-16-14-28)18-22(24)27-25(29)11-12-26(31)30(6-2)23-9-7-19(3)17-20(23)4/h7-10,17-18H,5-6,11-16H2,1-4H3. The highest BCUT2D eigenvalue weighted by Crippen LogP contribution is 2.25. The van der Waals surface area contributed by atoms with Gasteiger partial charge >= 0.3 is 0 Å². The first-order valence-electron chi connectivity index (χ1n) is 12.2. The van der Waals surface area contributed by atoms with Crippen molar-refractivity contribution in [2.24, 2.45) is 0 Å². The summed E-state index contributed by atoms with van der Waals surface area (Å²) in [6.07, 6.45) is 0.803. The van der Waals surface area contributed by atoms with E-state index in [0.717, 1.165) is 22.6 Å². The van der Waals surface area contributed by atoms with Crippen LogP contribution in [0.3, 0.4) is 0 Å². The van der Waals surface area contributed by atoms with Crippen LogP contribution in [0.4, 0.5) is 5.69 Å². The summed E-state index contributed by atoms with van der Waals surface area (Å²) in [5.74, 6) is 0.832. The average Bonchev–Trinajstić information content (AvgIpc) is 3.21. The van der Waals surface area contributed by atoms with Gasteiger partial charge in [0.1, 0.15) is 5.82 Å². The average molecular weight is 499 g/mol. The van der Waals surface area contributed by atoms with Crippen LogP contribution in [-0.4, -0.2) is 61.0 Å². The first-order valence-corrected chi connectivity index (χ1v) is 13.6. The minimum Gasteiger partial charge on any atom is -0.379 e. The van der Waals surface area contributed by atoms with E-state index in [1.54, 1.807) is 12.1 Å². The van der Waals surface area contributed by atoms with Gasteiger partial charge in [-0.3, -0.25) is 4.79 Å². The van der Waals surface area contributed by atoms with Crippen LogP contribution in [0, 0.1) is 13.8 Å². The third-order valence-corrected chi connectivity index (χ3v) is 8.44. The molecule has 35 heavy (non-hydrogen) atoms. The SMILES string of the molecule is CCN(C(=O)CCc1nc2cc(S(=O)(=O)N3CCOCC3)ccc2n1CC)c1ccc(C)cc1C. The Morgan fingerprint density at radius 3 is 2.49 bits per heavy atom. The highest BCUT2D eigenvalue weighted by Gasteiger charge is 2.27. The number of carbonyl (C=O) groups is 1. The number of anilines is 1. The fraction of sp³-hybridized carbons (Fsp3) is 0.462. The number of imidazole rings is 1. The maximum absolute atomic E-state index is 13.2. The van der Waals surface area contributed by atoms with Crippen molar-refractivity contribution >= 4 is 32.7 Å². The van der Waals surface area contributed by atoms with Gasteiger partial charge in [0.05, 0.1) is 29.1 Å². The Kier molecular flexibility index (Phi) is 7.59. The zero-order chi connectivity index (χ0) is 25.2. The van der Waals surface area contributed by atoms with E-state index in [2.05, 4.69) is 10.6 Å². The molecule has 188 valence electrons. The van der Waals surface area contributed by atoms with Gasteiger partial charge in [-0.2, -0.15) is 4.31 Å². The van der Waals surface area contributed by atoms with Crippen molar-refractivity contribution in [1.82, 2.24) is 13.9 Å². The quantitative estimate of drug-likeness (QED) is 0.473. The monoisotopic (exact) mass is 498 g/mol. The number of ether oxygens (including phenoxy) is 1. The Morgan fingerprint density at radius 1 is 1.09 bits per heavy atom. The molecule has 0 bridgehead atoms. The first kappa shape index (κ1) is 25.3. The number of hydrogen-bond acceptors (Lipinski definition) is 5. The number of benzene rings is 2. The van der Waals surface area contributed by atoms with Gasteiger partial charge in [0.15, 0.2) is 0 Å². The molecule has 0 atom stereocenters. The summed E-state index contributed by atoms with van der Waals surface area (Å²) in [6.45, 7) is 10.9. The van der Waals surface area contributed by atoms with Gasteiger partial charge in [0, 0.05) is 44.7 Å². The van der Waals surface area contributed by atoms with Crippen molar-refractivity contribution in [2.75, 3.05) is 37.7 Å². The predicted octanol–water partition coefficient (Wildman–Crippen LogP) is 3.68. The molecule has 0 aliphatic carbocycles. The van der Waals surface area contributed by atoms with Crippen LogP contribution in [0.15, 0.2) is 41.3 Å². The largest absolute Gasteiger partial charge is 0.379 e. The fourth-order valence-corrected chi connectivity index (χ4v) is 6.17. The van der Waals surface area contributed by atoms with Crippen molar-refractivity contribution in [3.8, 4) is 0 Å². The molecule has 0 radical (unpaired) electrons. The second kappa shape index (κ2) is 10.5. The summed E-state index contributed by atoms with van der Waals surface area (Å²) in [5.41, 5.74) is 4.68. The minimum absolute atomic E-state index is 0.0461. The molecule has 1 aromatic heterocycles. The molecule has 3 aromatic rings. The van der Waals surface area contributed by atoms with Crippen LogP contribution in [0.5, 0.6) is 0 Å². The number of aryl methyl sites for hydroxylation is 4.